The second-order valence-corrected chi connectivity index (χ2v) is 4.24. The molecular formula is C13H18N2O. The fourth-order valence-electron chi connectivity index (χ4n) is 1.73. The van der Waals surface area contributed by atoms with Crippen LogP contribution in [-0.4, -0.2) is 16.2 Å². The maximum Gasteiger partial charge on any atom is 0.121 e. The second kappa shape index (κ2) is 4.56. The van der Waals surface area contributed by atoms with Crippen LogP contribution in [0.4, 0.5) is 0 Å². The number of imidazole rings is 1. The predicted molar refractivity (Wildman–Crippen MR) is 65.9 cm³/mol. The van der Waals surface area contributed by atoms with Crippen LogP contribution in [0.2, 0.25) is 0 Å². The first kappa shape index (κ1) is 11.0. The van der Waals surface area contributed by atoms with Gasteiger partial charge in [0, 0.05) is 12.1 Å². The first-order valence-electron chi connectivity index (χ1n) is 5.81. The summed E-state index contributed by atoms with van der Waals surface area (Å²) in [6.45, 7) is 7.18. The van der Waals surface area contributed by atoms with Gasteiger partial charge in [-0.1, -0.05) is 6.92 Å². The van der Waals surface area contributed by atoms with E-state index in [0.29, 0.717) is 6.04 Å². The summed E-state index contributed by atoms with van der Waals surface area (Å²) in [6, 6.07) is 6.48. The normalized spacial score (nSPS) is 11.2. The van der Waals surface area contributed by atoms with Crippen LogP contribution in [0.1, 0.15) is 33.2 Å². The van der Waals surface area contributed by atoms with E-state index in [2.05, 4.69) is 36.4 Å². The van der Waals surface area contributed by atoms with Gasteiger partial charge in [0.2, 0.25) is 0 Å². The molecule has 86 valence electrons. The molecule has 0 aliphatic carbocycles. The van der Waals surface area contributed by atoms with E-state index < -0.39 is 0 Å². The molecule has 2 rings (SSSR count). The van der Waals surface area contributed by atoms with Crippen molar-refractivity contribution in [3.63, 3.8) is 0 Å². The molecule has 0 amide bonds. The van der Waals surface area contributed by atoms with Gasteiger partial charge >= 0.3 is 0 Å². The summed E-state index contributed by atoms with van der Waals surface area (Å²) in [7, 11) is 0. The smallest absolute Gasteiger partial charge is 0.121 e. The highest BCUT2D eigenvalue weighted by Gasteiger charge is 2.06. The number of benzene rings is 1. The number of ether oxygens (including phenoxy) is 1. The molecule has 0 N–H and O–H groups in total. The lowest BCUT2D eigenvalue weighted by Gasteiger charge is -2.09. The molecule has 16 heavy (non-hydrogen) atoms. The Morgan fingerprint density at radius 1 is 1.38 bits per heavy atom. The summed E-state index contributed by atoms with van der Waals surface area (Å²) < 4.78 is 7.79. The fourth-order valence-corrected chi connectivity index (χ4v) is 1.73. The van der Waals surface area contributed by atoms with Crippen molar-refractivity contribution in [2.75, 3.05) is 6.61 Å². The van der Waals surface area contributed by atoms with Crippen molar-refractivity contribution in [2.45, 2.75) is 33.2 Å². The summed E-state index contributed by atoms with van der Waals surface area (Å²) in [4.78, 5) is 4.37. The van der Waals surface area contributed by atoms with Crippen LogP contribution < -0.4 is 4.74 Å². The van der Waals surface area contributed by atoms with E-state index in [1.807, 2.05) is 18.5 Å². The standard InChI is InChI=1S/C13H18N2O/c1-4-7-16-11-5-6-12-13(8-11)15(9-14-12)10(2)3/h5-6,8-10H,4,7H2,1-3H3. The highest BCUT2D eigenvalue weighted by molar-refractivity contribution is 5.77. The molecule has 1 aromatic heterocycles. The van der Waals surface area contributed by atoms with E-state index in [9.17, 15) is 0 Å². The van der Waals surface area contributed by atoms with Crippen molar-refractivity contribution in [2.24, 2.45) is 0 Å². The van der Waals surface area contributed by atoms with Crippen molar-refractivity contribution in [1.29, 1.82) is 0 Å². The molecule has 2 aromatic rings. The quantitative estimate of drug-likeness (QED) is 0.786. The van der Waals surface area contributed by atoms with Gasteiger partial charge in [-0.2, -0.15) is 0 Å². The minimum absolute atomic E-state index is 0.423. The first-order chi connectivity index (χ1) is 7.72. The predicted octanol–water partition coefficient (Wildman–Crippen LogP) is 3.41. The molecule has 0 aliphatic rings. The Balaban J connectivity index is 2.38. The number of fused-ring (bicyclic) bond motifs is 1. The molecule has 0 bridgehead atoms. The zero-order valence-corrected chi connectivity index (χ0v) is 10.1. The van der Waals surface area contributed by atoms with Crippen molar-refractivity contribution < 1.29 is 4.74 Å². The maximum absolute atomic E-state index is 5.63. The van der Waals surface area contributed by atoms with Gasteiger partial charge < -0.3 is 9.30 Å². The zero-order valence-electron chi connectivity index (χ0n) is 10.1. The zero-order chi connectivity index (χ0) is 11.5. The van der Waals surface area contributed by atoms with Crippen LogP contribution in [0.25, 0.3) is 11.0 Å². The third kappa shape index (κ3) is 2.03. The molecule has 0 atom stereocenters. The van der Waals surface area contributed by atoms with Gasteiger partial charge in [-0.05, 0) is 32.4 Å². The van der Waals surface area contributed by atoms with Crippen molar-refractivity contribution in [3.05, 3.63) is 24.5 Å². The number of rotatable bonds is 4. The Morgan fingerprint density at radius 2 is 2.19 bits per heavy atom. The summed E-state index contributed by atoms with van der Waals surface area (Å²) in [6.07, 6.45) is 2.92. The minimum Gasteiger partial charge on any atom is -0.494 e. The molecule has 3 heteroatoms. The highest BCUT2D eigenvalue weighted by atomic mass is 16.5. The molecule has 0 fully saturated rings. The Kier molecular flexibility index (Phi) is 3.13. The van der Waals surface area contributed by atoms with Gasteiger partial charge in [0.25, 0.3) is 0 Å². The van der Waals surface area contributed by atoms with E-state index in [1.54, 1.807) is 0 Å². The number of nitrogens with zero attached hydrogens (tertiary/aromatic N) is 2. The first-order valence-corrected chi connectivity index (χ1v) is 5.81. The maximum atomic E-state index is 5.63. The summed E-state index contributed by atoms with van der Waals surface area (Å²) >= 11 is 0. The average molecular weight is 218 g/mol. The van der Waals surface area contributed by atoms with E-state index in [-0.39, 0.29) is 0 Å². The molecule has 0 unspecified atom stereocenters. The molecular weight excluding hydrogens is 200 g/mol. The van der Waals surface area contributed by atoms with E-state index in [1.165, 1.54) is 0 Å². The second-order valence-electron chi connectivity index (χ2n) is 4.24. The van der Waals surface area contributed by atoms with Crippen LogP contribution in [-0.2, 0) is 0 Å². The highest BCUT2D eigenvalue weighted by Crippen LogP contribution is 2.22. The van der Waals surface area contributed by atoms with Gasteiger partial charge in [0.1, 0.15) is 5.75 Å². The average Bonchev–Trinajstić information content (AvgIpc) is 2.69. The van der Waals surface area contributed by atoms with Crippen LogP contribution in [0.15, 0.2) is 24.5 Å². The molecule has 0 aliphatic heterocycles. The summed E-state index contributed by atoms with van der Waals surface area (Å²) in [5.74, 6) is 0.928. The molecule has 1 aromatic carbocycles. The molecule has 0 saturated carbocycles. The molecule has 1 heterocycles. The number of hydrogen-bond donors (Lipinski definition) is 0. The topological polar surface area (TPSA) is 27.1 Å². The Labute approximate surface area is 96.1 Å². The van der Waals surface area contributed by atoms with E-state index in [0.717, 1.165) is 29.8 Å². The molecule has 0 radical (unpaired) electrons. The number of hydrogen-bond acceptors (Lipinski definition) is 2. The van der Waals surface area contributed by atoms with Gasteiger partial charge in [-0.3, -0.25) is 0 Å². The SMILES string of the molecule is CCCOc1ccc2ncn(C(C)C)c2c1. The summed E-state index contributed by atoms with van der Waals surface area (Å²) in [5.41, 5.74) is 2.17. The van der Waals surface area contributed by atoms with E-state index in [4.69, 9.17) is 4.74 Å². The fraction of sp³-hybridized carbons (Fsp3) is 0.462. The van der Waals surface area contributed by atoms with Crippen molar-refractivity contribution in [3.8, 4) is 5.75 Å². The Morgan fingerprint density at radius 3 is 2.88 bits per heavy atom. The third-order valence-electron chi connectivity index (χ3n) is 2.58. The van der Waals surface area contributed by atoms with Crippen LogP contribution >= 0.6 is 0 Å². The van der Waals surface area contributed by atoms with Crippen LogP contribution in [0.5, 0.6) is 5.75 Å². The van der Waals surface area contributed by atoms with Gasteiger partial charge in [0.05, 0.1) is 24.0 Å². The largest absolute Gasteiger partial charge is 0.494 e. The van der Waals surface area contributed by atoms with Gasteiger partial charge in [-0.15, -0.1) is 0 Å². The molecule has 0 spiro atoms. The van der Waals surface area contributed by atoms with Crippen LogP contribution in [0, 0.1) is 0 Å². The van der Waals surface area contributed by atoms with E-state index >= 15 is 0 Å². The van der Waals surface area contributed by atoms with Gasteiger partial charge in [-0.25, -0.2) is 4.98 Å². The number of aromatic nitrogens is 2. The minimum atomic E-state index is 0.423. The molecule has 0 saturated heterocycles. The van der Waals surface area contributed by atoms with Gasteiger partial charge in [0.15, 0.2) is 0 Å². The van der Waals surface area contributed by atoms with Crippen molar-refractivity contribution >= 4 is 11.0 Å². The van der Waals surface area contributed by atoms with Crippen molar-refractivity contribution in [1.82, 2.24) is 9.55 Å². The lowest BCUT2D eigenvalue weighted by molar-refractivity contribution is 0.317. The Bertz CT molecular complexity index is 474. The lowest BCUT2D eigenvalue weighted by Crippen LogP contribution is -1.99. The molecule has 3 nitrogen and oxygen atoms in total. The Hall–Kier alpha value is -1.51. The third-order valence-corrected chi connectivity index (χ3v) is 2.58. The summed E-state index contributed by atoms with van der Waals surface area (Å²) in [5, 5.41) is 0. The van der Waals surface area contributed by atoms with Crippen LogP contribution in [0.3, 0.4) is 0 Å². The monoisotopic (exact) mass is 218 g/mol. The lowest BCUT2D eigenvalue weighted by atomic mass is 10.2.